The zero-order valence-corrected chi connectivity index (χ0v) is 14.4. The molecule has 1 N–H and O–H groups in total. The third-order valence-electron chi connectivity index (χ3n) is 3.15. The summed E-state index contributed by atoms with van der Waals surface area (Å²) in [4.78, 5) is 10.6. The molecule has 0 fully saturated rings. The van der Waals surface area contributed by atoms with E-state index in [1.54, 1.807) is 18.2 Å². The number of hydrogen-bond acceptors (Lipinski definition) is 4. The van der Waals surface area contributed by atoms with Crippen molar-refractivity contribution in [2.24, 2.45) is 0 Å². The number of non-ortho nitro benzene ring substituents is 1. The number of nitrogens with one attached hydrogen (secondary N) is 1. The van der Waals surface area contributed by atoms with Crippen molar-refractivity contribution < 1.29 is 4.92 Å². The summed E-state index contributed by atoms with van der Waals surface area (Å²) in [6.07, 6.45) is 0. The van der Waals surface area contributed by atoms with Gasteiger partial charge in [0.2, 0.25) is 0 Å². The molecular formula is C14H11BrClN3O2S. The number of thiazole rings is 1. The number of hydrogen-bond donors (Lipinski definition) is 1. The van der Waals surface area contributed by atoms with Crippen LogP contribution in [0, 0.1) is 15.5 Å². The lowest BCUT2D eigenvalue weighted by Crippen LogP contribution is -2.13. The highest BCUT2D eigenvalue weighted by atomic mass is 79.9. The van der Waals surface area contributed by atoms with Crippen molar-refractivity contribution >= 4 is 55.8 Å². The number of nitrogens with zero attached hydrogens (tertiary/aromatic N) is 2. The van der Waals surface area contributed by atoms with E-state index in [2.05, 4.69) is 0 Å². The van der Waals surface area contributed by atoms with Crippen LogP contribution in [0.3, 0.4) is 0 Å². The Labute approximate surface area is 145 Å². The molecule has 0 atom stereocenters. The summed E-state index contributed by atoms with van der Waals surface area (Å²) in [5, 5.41) is 19.4. The van der Waals surface area contributed by atoms with E-state index in [0.29, 0.717) is 16.4 Å². The van der Waals surface area contributed by atoms with Crippen molar-refractivity contribution in [3.8, 4) is 0 Å². The lowest BCUT2D eigenvalue weighted by molar-refractivity contribution is -0.384. The number of nitro groups is 1. The molecule has 0 bridgehead atoms. The molecule has 22 heavy (non-hydrogen) atoms. The monoisotopic (exact) mass is 399 g/mol. The first-order valence-corrected chi connectivity index (χ1v) is 7.31. The first-order chi connectivity index (χ1) is 10.0. The van der Waals surface area contributed by atoms with Crippen LogP contribution in [0.15, 0.2) is 42.5 Å². The number of aromatic nitrogens is 1. The quantitative estimate of drug-likeness (QED) is 0.524. The molecule has 0 amide bonds. The largest absolute Gasteiger partial charge is 0.312 e. The normalized spacial score (nSPS) is 10.4. The van der Waals surface area contributed by atoms with Gasteiger partial charge in [-0.05, 0) is 23.8 Å². The Kier molecular flexibility index (Phi) is 5.00. The molecule has 5 nitrogen and oxygen atoms in total. The van der Waals surface area contributed by atoms with Crippen LogP contribution in [-0.4, -0.2) is 9.49 Å². The van der Waals surface area contributed by atoms with E-state index in [1.165, 1.54) is 23.5 Å². The average molecular weight is 401 g/mol. The highest BCUT2D eigenvalue weighted by molar-refractivity contribution is 8.93. The Hall–Kier alpha value is -1.70. The van der Waals surface area contributed by atoms with Crippen LogP contribution in [0.5, 0.6) is 0 Å². The number of nitro benzene ring substituents is 1. The molecule has 0 unspecified atom stereocenters. The zero-order valence-electron chi connectivity index (χ0n) is 11.2. The lowest BCUT2D eigenvalue weighted by Gasteiger charge is -2.05. The van der Waals surface area contributed by atoms with Gasteiger partial charge in [0, 0.05) is 17.2 Å². The minimum absolute atomic E-state index is 0. The molecule has 0 saturated carbocycles. The van der Waals surface area contributed by atoms with Gasteiger partial charge in [-0.15, -0.1) is 17.0 Å². The van der Waals surface area contributed by atoms with E-state index in [0.717, 1.165) is 15.8 Å². The first kappa shape index (κ1) is 16.7. The van der Waals surface area contributed by atoms with Gasteiger partial charge in [-0.3, -0.25) is 15.5 Å². The standard InChI is InChI=1S/C14H10ClN3O2S.BrH/c15-10-3-6-12-13(7-10)21-14(16)17(12)8-9-1-4-11(5-2-9)18(19)20;/h1-7,16H,8H2;1H. The number of fused-ring (bicyclic) bond motifs is 1. The van der Waals surface area contributed by atoms with Crippen LogP contribution in [0.2, 0.25) is 5.02 Å². The molecule has 3 rings (SSSR count). The van der Waals surface area contributed by atoms with Gasteiger partial charge in [-0.1, -0.05) is 35.1 Å². The van der Waals surface area contributed by atoms with Crippen LogP contribution in [-0.2, 0) is 6.54 Å². The minimum Gasteiger partial charge on any atom is -0.312 e. The minimum atomic E-state index is -0.422. The van der Waals surface area contributed by atoms with E-state index in [4.69, 9.17) is 17.0 Å². The lowest BCUT2D eigenvalue weighted by atomic mass is 10.2. The molecule has 3 aromatic rings. The fraction of sp³-hybridized carbons (Fsp3) is 0.0714. The third-order valence-corrected chi connectivity index (χ3v) is 4.35. The van der Waals surface area contributed by atoms with Crippen LogP contribution in [0.4, 0.5) is 5.69 Å². The first-order valence-electron chi connectivity index (χ1n) is 6.11. The van der Waals surface area contributed by atoms with E-state index in [9.17, 15) is 10.1 Å². The summed E-state index contributed by atoms with van der Waals surface area (Å²) in [5.74, 6) is 0. The summed E-state index contributed by atoms with van der Waals surface area (Å²) in [6.45, 7) is 0.498. The summed E-state index contributed by atoms with van der Waals surface area (Å²) >= 11 is 7.32. The van der Waals surface area contributed by atoms with Crippen LogP contribution in [0.25, 0.3) is 10.2 Å². The van der Waals surface area contributed by atoms with Gasteiger partial charge in [0.25, 0.3) is 5.69 Å². The van der Waals surface area contributed by atoms with Crippen LogP contribution >= 0.6 is 39.9 Å². The van der Waals surface area contributed by atoms with E-state index in [1.807, 2.05) is 16.7 Å². The number of rotatable bonds is 3. The SMILES string of the molecule is Br.N=c1sc2cc(Cl)ccc2n1Cc1ccc([N+](=O)[O-])cc1. The van der Waals surface area contributed by atoms with Crippen LogP contribution < -0.4 is 4.80 Å². The summed E-state index contributed by atoms with van der Waals surface area (Å²) in [6, 6.07) is 11.9. The van der Waals surface area contributed by atoms with Crippen molar-refractivity contribution in [3.05, 3.63) is 68.0 Å². The highest BCUT2D eigenvalue weighted by Gasteiger charge is 2.08. The van der Waals surface area contributed by atoms with E-state index < -0.39 is 4.92 Å². The van der Waals surface area contributed by atoms with Crippen molar-refractivity contribution in [2.75, 3.05) is 0 Å². The smallest absolute Gasteiger partial charge is 0.269 e. The molecule has 0 aliphatic rings. The fourth-order valence-corrected chi connectivity index (χ4v) is 3.31. The maximum absolute atomic E-state index is 10.6. The van der Waals surface area contributed by atoms with Crippen LogP contribution in [0.1, 0.15) is 5.56 Å². The average Bonchev–Trinajstić information content (AvgIpc) is 2.75. The molecule has 0 aliphatic heterocycles. The molecule has 2 aromatic carbocycles. The van der Waals surface area contributed by atoms with E-state index in [-0.39, 0.29) is 22.7 Å². The Morgan fingerprint density at radius 3 is 2.55 bits per heavy atom. The van der Waals surface area contributed by atoms with Gasteiger partial charge in [0.15, 0.2) is 4.80 Å². The third kappa shape index (κ3) is 3.21. The second-order valence-electron chi connectivity index (χ2n) is 4.53. The number of halogens is 2. The summed E-state index contributed by atoms with van der Waals surface area (Å²) in [5.41, 5.74) is 1.92. The molecule has 0 radical (unpaired) electrons. The molecule has 1 aromatic heterocycles. The van der Waals surface area contributed by atoms with Gasteiger partial charge in [0.05, 0.1) is 21.7 Å². The van der Waals surface area contributed by atoms with Crippen molar-refractivity contribution in [2.45, 2.75) is 6.54 Å². The molecule has 0 saturated heterocycles. The number of benzene rings is 2. The van der Waals surface area contributed by atoms with Gasteiger partial charge < -0.3 is 4.57 Å². The van der Waals surface area contributed by atoms with Gasteiger partial charge in [-0.2, -0.15) is 0 Å². The Balaban J connectivity index is 0.00000176. The van der Waals surface area contributed by atoms with Crippen molar-refractivity contribution in [3.63, 3.8) is 0 Å². The Bertz CT molecular complexity index is 889. The molecule has 1 heterocycles. The fourth-order valence-electron chi connectivity index (χ4n) is 2.12. The molecule has 0 aliphatic carbocycles. The highest BCUT2D eigenvalue weighted by Crippen LogP contribution is 2.22. The van der Waals surface area contributed by atoms with Gasteiger partial charge in [-0.25, -0.2) is 0 Å². The maximum Gasteiger partial charge on any atom is 0.269 e. The molecular weight excluding hydrogens is 390 g/mol. The molecule has 0 spiro atoms. The Morgan fingerprint density at radius 1 is 1.23 bits per heavy atom. The van der Waals surface area contributed by atoms with E-state index >= 15 is 0 Å². The second kappa shape index (κ2) is 6.60. The second-order valence-corrected chi connectivity index (χ2v) is 6.00. The van der Waals surface area contributed by atoms with Gasteiger partial charge >= 0.3 is 0 Å². The zero-order chi connectivity index (χ0) is 15.0. The Morgan fingerprint density at radius 2 is 1.91 bits per heavy atom. The summed E-state index contributed by atoms with van der Waals surface area (Å²) < 4.78 is 2.81. The molecule has 8 heteroatoms. The van der Waals surface area contributed by atoms with Crippen molar-refractivity contribution in [1.29, 1.82) is 5.41 Å². The van der Waals surface area contributed by atoms with Gasteiger partial charge in [0.1, 0.15) is 0 Å². The summed E-state index contributed by atoms with van der Waals surface area (Å²) in [7, 11) is 0. The maximum atomic E-state index is 10.6. The predicted octanol–water partition coefficient (Wildman–Crippen LogP) is 4.37. The molecule has 114 valence electrons. The topological polar surface area (TPSA) is 71.9 Å². The predicted molar refractivity (Wildman–Crippen MR) is 93.2 cm³/mol. The van der Waals surface area contributed by atoms with Crippen molar-refractivity contribution in [1.82, 2.24) is 4.57 Å².